The molecule has 3 nitrogen and oxygen atoms in total. The van der Waals surface area contributed by atoms with Crippen LogP contribution in [0.1, 0.15) is 23.5 Å². The highest BCUT2D eigenvalue weighted by atomic mass is 19.1. The predicted molar refractivity (Wildman–Crippen MR) is 82.1 cm³/mol. The molecule has 0 aromatic heterocycles. The standard InChI is InChI=1S/C18H18FNO2/c19-16-5-3-14(4-6-16)15-9-10-20(12-15)18(22)11-13-1-7-17(21)8-2-13/h1-8,15,21H,9-12H2/t15-/m1/s1. The van der Waals surface area contributed by atoms with E-state index in [2.05, 4.69) is 0 Å². The fraction of sp³-hybridized carbons (Fsp3) is 0.278. The predicted octanol–water partition coefficient (Wildman–Crippen LogP) is 3.09. The summed E-state index contributed by atoms with van der Waals surface area (Å²) in [5.74, 6) is 0.343. The minimum absolute atomic E-state index is 0.0929. The van der Waals surface area contributed by atoms with Gasteiger partial charge in [0, 0.05) is 19.0 Å². The number of rotatable bonds is 3. The molecule has 1 heterocycles. The zero-order valence-corrected chi connectivity index (χ0v) is 12.2. The van der Waals surface area contributed by atoms with Gasteiger partial charge in [-0.1, -0.05) is 24.3 Å². The van der Waals surface area contributed by atoms with E-state index in [1.807, 2.05) is 4.90 Å². The third kappa shape index (κ3) is 3.27. The van der Waals surface area contributed by atoms with Gasteiger partial charge in [-0.05, 0) is 41.8 Å². The van der Waals surface area contributed by atoms with E-state index in [0.29, 0.717) is 13.0 Å². The zero-order chi connectivity index (χ0) is 15.5. The summed E-state index contributed by atoms with van der Waals surface area (Å²) in [5.41, 5.74) is 1.98. The first-order chi connectivity index (χ1) is 10.6. The molecule has 2 aromatic carbocycles. The van der Waals surface area contributed by atoms with Crippen LogP contribution in [0.3, 0.4) is 0 Å². The number of hydrogen-bond acceptors (Lipinski definition) is 2. The van der Waals surface area contributed by atoms with Crippen LogP contribution in [0.15, 0.2) is 48.5 Å². The van der Waals surface area contributed by atoms with Gasteiger partial charge in [0.25, 0.3) is 0 Å². The van der Waals surface area contributed by atoms with Crippen LogP contribution in [0.5, 0.6) is 5.75 Å². The molecule has 0 aliphatic carbocycles. The number of carbonyl (C=O) groups is 1. The van der Waals surface area contributed by atoms with Crippen molar-refractivity contribution in [3.63, 3.8) is 0 Å². The topological polar surface area (TPSA) is 40.5 Å². The van der Waals surface area contributed by atoms with Crippen molar-refractivity contribution in [1.29, 1.82) is 0 Å². The van der Waals surface area contributed by atoms with Crippen LogP contribution >= 0.6 is 0 Å². The number of phenolic OH excluding ortho intramolecular Hbond substituents is 1. The molecule has 1 N–H and O–H groups in total. The van der Waals surface area contributed by atoms with Gasteiger partial charge in [0.1, 0.15) is 11.6 Å². The van der Waals surface area contributed by atoms with Crippen molar-refractivity contribution >= 4 is 5.91 Å². The highest BCUT2D eigenvalue weighted by molar-refractivity contribution is 5.79. The van der Waals surface area contributed by atoms with Crippen molar-refractivity contribution in [1.82, 2.24) is 4.90 Å². The Kier molecular flexibility index (Phi) is 4.09. The van der Waals surface area contributed by atoms with Crippen molar-refractivity contribution in [2.75, 3.05) is 13.1 Å². The summed E-state index contributed by atoms with van der Waals surface area (Å²) in [4.78, 5) is 14.2. The lowest BCUT2D eigenvalue weighted by molar-refractivity contribution is -0.129. The Morgan fingerprint density at radius 2 is 1.82 bits per heavy atom. The van der Waals surface area contributed by atoms with Crippen LogP contribution in [-0.2, 0) is 11.2 Å². The molecule has 1 amide bonds. The molecular weight excluding hydrogens is 281 g/mol. The third-order valence-corrected chi connectivity index (χ3v) is 4.17. The molecule has 3 rings (SSSR count). The van der Waals surface area contributed by atoms with Crippen molar-refractivity contribution in [2.45, 2.75) is 18.8 Å². The summed E-state index contributed by atoms with van der Waals surface area (Å²) < 4.78 is 13.0. The van der Waals surface area contributed by atoms with Crippen molar-refractivity contribution < 1.29 is 14.3 Å². The first kappa shape index (κ1) is 14.6. The first-order valence-corrected chi connectivity index (χ1v) is 7.43. The Morgan fingerprint density at radius 1 is 1.14 bits per heavy atom. The maximum Gasteiger partial charge on any atom is 0.227 e. The Morgan fingerprint density at radius 3 is 2.50 bits per heavy atom. The second-order valence-electron chi connectivity index (χ2n) is 5.72. The number of likely N-dealkylation sites (tertiary alicyclic amines) is 1. The van der Waals surface area contributed by atoms with Crippen LogP contribution < -0.4 is 0 Å². The molecule has 22 heavy (non-hydrogen) atoms. The lowest BCUT2D eigenvalue weighted by Gasteiger charge is -2.17. The lowest BCUT2D eigenvalue weighted by Crippen LogP contribution is -2.29. The zero-order valence-electron chi connectivity index (χ0n) is 12.2. The molecule has 1 aliphatic heterocycles. The third-order valence-electron chi connectivity index (χ3n) is 4.17. The van der Waals surface area contributed by atoms with Gasteiger partial charge in [-0.25, -0.2) is 4.39 Å². The second-order valence-corrected chi connectivity index (χ2v) is 5.72. The maximum atomic E-state index is 13.0. The molecule has 2 aromatic rings. The second kappa shape index (κ2) is 6.18. The number of amides is 1. The molecule has 0 saturated carbocycles. The maximum absolute atomic E-state index is 13.0. The van der Waals surface area contributed by atoms with E-state index in [1.165, 1.54) is 12.1 Å². The Bertz CT molecular complexity index is 652. The fourth-order valence-corrected chi connectivity index (χ4v) is 2.89. The van der Waals surface area contributed by atoms with E-state index in [0.717, 1.165) is 24.1 Å². The minimum atomic E-state index is -0.234. The van der Waals surface area contributed by atoms with Crippen molar-refractivity contribution in [3.05, 3.63) is 65.5 Å². The number of hydrogen-bond donors (Lipinski definition) is 1. The summed E-state index contributed by atoms with van der Waals surface area (Å²) in [6, 6.07) is 13.2. The molecule has 0 radical (unpaired) electrons. The minimum Gasteiger partial charge on any atom is -0.508 e. The van der Waals surface area contributed by atoms with Crippen LogP contribution in [0.2, 0.25) is 0 Å². The van der Waals surface area contributed by atoms with Gasteiger partial charge in [-0.2, -0.15) is 0 Å². The van der Waals surface area contributed by atoms with E-state index in [1.54, 1.807) is 36.4 Å². The molecule has 4 heteroatoms. The number of halogens is 1. The monoisotopic (exact) mass is 299 g/mol. The number of phenols is 1. The number of aromatic hydroxyl groups is 1. The summed E-state index contributed by atoms with van der Waals surface area (Å²) in [5, 5.41) is 9.26. The number of nitrogens with zero attached hydrogens (tertiary/aromatic N) is 1. The SMILES string of the molecule is O=C(Cc1ccc(O)cc1)N1CC[C@@H](c2ccc(F)cc2)C1. The van der Waals surface area contributed by atoms with Crippen LogP contribution in [0, 0.1) is 5.82 Å². The Hall–Kier alpha value is -2.36. The molecule has 0 bridgehead atoms. The van der Waals surface area contributed by atoms with E-state index >= 15 is 0 Å². The molecule has 0 spiro atoms. The van der Waals surface area contributed by atoms with Gasteiger partial charge >= 0.3 is 0 Å². The van der Waals surface area contributed by atoms with Gasteiger partial charge in [0.2, 0.25) is 5.91 Å². The lowest BCUT2D eigenvalue weighted by atomic mass is 9.99. The van der Waals surface area contributed by atoms with Gasteiger partial charge in [-0.15, -0.1) is 0 Å². The average Bonchev–Trinajstić information content (AvgIpc) is 3.00. The van der Waals surface area contributed by atoms with Crippen molar-refractivity contribution in [2.24, 2.45) is 0 Å². The number of benzene rings is 2. The molecular formula is C18H18FNO2. The summed E-state index contributed by atoms with van der Waals surface area (Å²) >= 11 is 0. The molecule has 1 atom stereocenters. The van der Waals surface area contributed by atoms with Crippen LogP contribution in [0.4, 0.5) is 4.39 Å². The van der Waals surface area contributed by atoms with E-state index < -0.39 is 0 Å². The average molecular weight is 299 g/mol. The van der Waals surface area contributed by atoms with E-state index in [4.69, 9.17) is 0 Å². The van der Waals surface area contributed by atoms with Gasteiger partial charge in [-0.3, -0.25) is 4.79 Å². The Balaban J connectivity index is 1.61. The van der Waals surface area contributed by atoms with Crippen LogP contribution in [0.25, 0.3) is 0 Å². The Labute approximate surface area is 129 Å². The van der Waals surface area contributed by atoms with Gasteiger partial charge in [0.05, 0.1) is 6.42 Å². The quantitative estimate of drug-likeness (QED) is 0.946. The molecule has 0 unspecified atom stereocenters. The molecule has 114 valence electrons. The van der Waals surface area contributed by atoms with Gasteiger partial charge in [0.15, 0.2) is 0 Å². The molecule has 1 aliphatic rings. The fourth-order valence-electron chi connectivity index (χ4n) is 2.89. The van der Waals surface area contributed by atoms with Gasteiger partial charge < -0.3 is 10.0 Å². The smallest absolute Gasteiger partial charge is 0.227 e. The molecule has 1 fully saturated rings. The number of carbonyl (C=O) groups excluding carboxylic acids is 1. The van der Waals surface area contributed by atoms with Crippen LogP contribution in [-0.4, -0.2) is 29.0 Å². The summed E-state index contributed by atoms with van der Waals surface area (Å²) in [6.45, 7) is 1.42. The first-order valence-electron chi connectivity index (χ1n) is 7.43. The van der Waals surface area contributed by atoms with E-state index in [9.17, 15) is 14.3 Å². The molecule has 1 saturated heterocycles. The largest absolute Gasteiger partial charge is 0.508 e. The highest BCUT2D eigenvalue weighted by Gasteiger charge is 2.27. The van der Waals surface area contributed by atoms with E-state index in [-0.39, 0.29) is 23.4 Å². The highest BCUT2D eigenvalue weighted by Crippen LogP contribution is 2.27. The summed E-state index contributed by atoms with van der Waals surface area (Å²) in [7, 11) is 0. The summed E-state index contributed by atoms with van der Waals surface area (Å²) in [6.07, 6.45) is 1.25. The normalized spacial score (nSPS) is 17.7. The van der Waals surface area contributed by atoms with Crippen molar-refractivity contribution in [3.8, 4) is 5.75 Å².